The van der Waals surface area contributed by atoms with E-state index in [1.165, 1.54) is 11.8 Å². The quantitative estimate of drug-likeness (QED) is 0.772. The molecular formula is C6H8ClNO2S2. The maximum atomic E-state index is 10.5. The summed E-state index contributed by atoms with van der Waals surface area (Å²) in [5.74, 6) is 0. The van der Waals surface area contributed by atoms with Crippen molar-refractivity contribution in [3.05, 3.63) is 21.9 Å². The molecule has 1 heterocycles. The normalized spacial score (nSPS) is 24.8. The van der Waals surface area contributed by atoms with Crippen molar-refractivity contribution in [3.8, 4) is 0 Å². The van der Waals surface area contributed by atoms with Gasteiger partial charge in [-0.25, -0.2) is 13.6 Å². The Balaban J connectivity index is 2.51. The minimum Gasteiger partial charge on any atom is -0.225 e. The lowest BCUT2D eigenvalue weighted by atomic mass is 10.3. The van der Waals surface area contributed by atoms with Crippen LogP contribution in [-0.4, -0.2) is 13.7 Å². The van der Waals surface area contributed by atoms with Crippen LogP contribution in [0.5, 0.6) is 0 Å². The average molecular weight is 226 g/mol. The van der Waals surface area contributed by atoms with E-state index in [0.717, 1.165) is 11.8 Å². The van der Waals surface area contributed by atoms with Crippen molar-refractivity contribution in [1.29, 1.82) is 0 Å². The van der Waals surface area contributed by atoms with E-state index in [0.29, 0.717) is 4.36 Å². The summed E-state index contributed by atoms with van der Waals surface area (Å²) in [6.45, 7) is 0. The fourth-order valence-corrected chi connectivity index (χ4v) is 2.54. The summed E-state index contributed by atoms with van der Waals surface area (Å²) in [6, 6.07) is 0. The van der Waals surface area contributed by atoms with Gasteiger partial charge in [-0.15, -0.1) is 11.8 Å². The van der Waals surface area contributed by atoms with E-state index in [-0.39, 0.29) is 5.25 Å². The summed E-state index contributed by atoms with van der Waals surface area (Å²) in [4.78, 5) is 0. The lowest BCUT2D eigenvalue weighted by Gasteiger charge is -1.98. The predicted octanol–water partition coefficient (Wildman–Crippen LogP) is 1.37. The van der Waals surface area contributed by atoms with Gasteiger partial charge in [0.2, 0.25) is 10.0 Å². The van der Waals surface area contributed by atoms with Crippen LogP contribution in [0.15, 0.2) is 21.9 Å². The lowest BCUT2D eigenvalue weighted by molar-refractivity contribution is 0.606. The summed E-state index contributed by atoms with van der Waals surface area (Å²) in [5.41, 5.74) is 0. The van der Waals surface area contributed by atoms with Gasteiger partial charge in [-0.05, 0) is 6.42 Å². The molecule has 12 heavy (non-hydrogen) atoms. The first-order valence-corrected chi connectivity index (χ1v) is 6.07. The number of halogens is 1. The largest absolute Gasteiger partial charge is 0.230 e. The van der Waals surface area contributed by atoms with Crippen molar-refractivity contribution < 1.29 is 8.42 Å². The number of allylic oxidation sites excluding steroid dienone is 1. The molecule has 6 heteroatoms. The van der Waals surface area contributed by atoms with E-state index in [2.05, 4.69) is 0 Å². The maximum absolute atomic E-state index is 10.5. The van der Waals surface area contributed by atoms with E-state index in [4.69, 9.17) is 16.7 Å². The third-order valence-corrected chi connectivity index (χ3v) is 3.26. The molecule has 2 N–H and O–H groups in total. The molecule has 1 unspecified atom stereocenters. The number of sulfonamides is 1. The smallest absolute Gasteiger partial charge is 0.225 e. The van der Waals surface area contributed by atoms with Crippen molar-refractivity contribution in [2.75, 3.05) is 0 Å². The van der Waals surface area contributed by atoms with Gasteiger partial charge in [0.25, 0.3) is 0 Å². The van der Waals surface area contributed by atoms with E-state index >= 15 is 0 Å². The number of primary sulfonamides is 1. The van der Waals surface area contributed by atoms with Crippen LogP contribution in [0.25, 0.3) is 0 Å². The highest BCUT2D eigenvalue weighted by atomic mass is 35.5. The molecule has 0 spiro atoms. The molecule has 0 saturated carbocycles. The first-order valence-electron chi connectivity index (χ1n) is 3.21. The molecule has 1 aliphatic heterocycles. The van der Waals surface area contributed by atoms with Gasteiger partial charge in [0.15, 0.2) is 0 Å². The monoisotopic (exact) mass is 225 g/mol. The van der Waals surface area contributed by atoms with Gasteiger partial charge in [0, 0.05) is 10.7 Å². The maximum Gasteiger partial charge on any atom is 0.230 e. The number of hydrogen-bond donors (Lipinski definition) is 1. The van der Waals surface area contributed by atoms with Gasteiger partial charge < -0.3 is 0 Å². The first kappa shape index (κ1) is 10.1. The van der Waals surface area contributed by atoms with Gasteiger partial charge in [-0.2, -0.15) is 0 Å². The van der Waals surface area contributed by atoms with Gasteiger partial charge >= 0.3 is 0 Å². The Morgan fingerprint density at radius 1 is 1.75 bits per heavy atom. The average Bonchev–Trinajstić information content (AvgIpc) is 2.30. The Labute approximate surface area is 80.7 Å². The fraction of sp³-hybridized carbons (Fsp3) is 0.333. The molecule has 1 rings (SSSR count). The molecule has 0 aliphatic carbocycles. The van der Waals surface area contributed by atoms with Gasteiger partial charge in [-0.1, -0.05) is 23.8 Å². The van der Waals surface area contributed by atoms with E-state index < -0.39 is 10.0 Å². The van der Waals surface area contributed by atoms with Crippen LogP contribution in [0, 0.1) is 0 Å². The minimum absolute atomic E-state index is 0.107. The first-order chi connectivity index (χ1) is 5.47. The Kier molecular flexibility index (Phi) is 3.22. The number of thioether (sulfide) groups is 1. The lowest BCUT2D eigenvalue weighted by Crippen LogP contribution is -2.08. The van der Waals surface area contributed by atoms with Gasteiger partial charge in [0.1, 0.15) is 0 Å². The highest BCUT2D eigenvalue weighted by molar-refractivity contribution is 8.05. The molecule has 3 nitrogen and oxygen atoms in total. The zero-order chi connectivity index (χ0) is 9.19. The minimum atomic E-state index is -3.49. The van der Waals surface area contributed by atoms with Crippen LogP contribution < -0.4 is 5.14 Å². The second kappa shape index (κ2) is 3.83. The molecule has 1 atom stereocenters. The summed E-state index contributed by atoms with van der Waals surface area (Å²) >= 11 is 7.09. The third kappa shape index (κ3) is 3.62. The molecular weight excluding hydrogens is 218 g/mol. The van der Waals surface area contributed by atoms with Crippen LogP contribution in [-0.2, 0) is 10.0 Å². The molecule has 0 aromatic heterocycles. The van der Waals surface area contributed by atoms with Crippen LogP contribution in [0.1, 0.15) is 6.42 Å². The summed E-state index contributed by atoms with van der Waals surface area (Å²) < 4.78 is 21.7. The predicted molar refractivity (Wildman–Crippen MR) is 52.2 cm³/mol. The molecule has 68 valence electrons. The van der Waals surface area contributed by atoms with Crippen molar-refractivity contribution in [2.45, 2.75) is 11.7 Å². The summed E-state index contributed by atoms with van der Waals surface area (Å²) in [5, 5.41) is 5.89. The molecule has 0 aromatic rings. The zero-order valence-corrected chi connectivity index (χ0v) is 8.49. The highest BCUT2D eigenvalue weighted by Gasteiger charge is 2.13. The van der Waals surface area contributed by atoms with Crippen molar-refractivity contribution >= 4 is 33.4 Å². The molecule has 1 aliphatic rings. The number of hydrogen-bond acceptors (Lipinski definition) is 3. The highest BCUT2D eigenvalue weighted by Crippen LogP contribution is 2.35. The van der Waals surface area contributed by atoms with Crippen LogP contribution in [0.4, 0.5) is 0 Å². The Bertz CT molecular complexity index is 320. The van der Waals surface area contributed by atoms with Crippen LogP contribution >= 0.6 is 23.4 Å². The molecule has 0 aromatic carbocycles. The Hall–Kier alpha value is 0.0300. The molecule has 0 saturated heterocycles. The standard InChI is InChI=1S/C6H8ClNO2S2/c7-6-2-1-5(11-6)3-4-12(8,9)10/h2-5H,1H2,(H2,8,9,10)/b4-3+. The van der Waals surface area contributed by atoms with E-state index in [9.17, 15) is 8.42 Å². The van der Waals surface area contributed by atoms with Crippen molar-refractivity contribution in [3.63, 3.8) is 0 Å². The molecule has 0 fully saturated rings. The van der Waals surface area contributed by atoms with Gasteiger partial charge in [0.05, 0.1) is 4.36 Å². The third-order valence-electron chi connectivity index (χ3n) is 1.26. The number of nitrogens with two attached hydrogens (primary N) is 1. The van der Waals surface area contributed by atoms with Crippen LogP contribution in [0.3, 0.4) is 0 Å². The Morgan fingerprint density at radius 3 is 2.83 bits per heavy atom. The second-order valence-corrected chi connectivity index (χ2v) is 5.68. The number of rotatable bonds is 2. The summed E-state index contributed by atoms with van der Waals surface area (Å²) in [7, 11) is -3.49. The Morgan fingerprint density at radius 2 is 2.42 bits per heavy atom. The molecule has 0 amide bonds. The van der Waals surface area contributed by atoms with Crippen molar-refractivity contribution in [2.24, 2.45) is 5.14 Å². The molecule has 0 radical (unpaired) electrons. The van der Waals surface area contributed by atoms with E-state index in [1.807, 2.05) is 6.08 Å². The molecule has 0 bridgehead atoms. The van der Waals surface area contributed by atoms with Crippen molar-refractivity contribution in [1.82, 2.24) is 0 Å². The SMILES string of the molecule is NS(=O)(=O)/C=C/C1CC=C(Cl)S1. The fourth-order valence-electron chi connectivity index (χ4n) is 0.765. The van der Waals surface area contributed by atoms with Crippen LogP contribution in [0.2, 0.25) is 0 Å². The van der Waals surface area contributed by atoms with E-state index in [1.54, 1.807) is 6.08 Å². The van der Waals surface area contributed by atoms with Gasteiger partial charge in [-0.3, -0.25) is 0 Å². The zero-order valence-electron chi connectivity index (χ0n) is 6.10. The second-order valence-electron chi connectivity index (χ2n) is 2.32. The summed E-state index contributed by atoms with van der Waals surface area (Å²) in [6.07, 6.45) is 4.16. The topological polar surface area (TPSA) is 60.2 Å².